The number of carbonyl (C=O) groups is 1. The van der Waals surface area contributed by atoms with Crippen molar-refractivity contribution < 1.29 is 9.90 Å². The summed E-state index contributed by atoms with van der Waals surface area (Å²) in [7, 11) is 0. The summed E-state index contributed by atoms with van der Waals surface area (Å²) >= 11 is 0. The Morgan fingerprint density at radius 3 is 3.06 bits per heavy atom. The van der Waals surface area contributed by atoms with E-state index in [4.69, 9.17) is 0 Å². The molecule has 3 rings (SSSR count). The van der Waals surface area contributed by atoms with Crippen LogP contribution in [0.1, 0.15) is 43.0 Å². The lowest BCUT2D eigenvalue weighted by atomic mass is 9.95. The van der Waals surface area contributed by atoms with Gasteiger partial charge < -0.3 is 15.0 Å². The summed E-state index contributed by atoms with van der Waals surface area (Å²) in [6, 6.07) is 2.02. The van der Waals surface area contributed by atoms with E-state index < -0.39 is 0 Å². The maximum atomic E-state index is 11.5. The summed E-state index contributed by atoms with van der Waals surface area (Å²) in [6.07, 6.45) is 6.80. The predicted octanol–water partition coefficient (Wildman–Crippen LogP) is 1.38. The third-order valence-electron chi connectivity index (χ3n) is 3.96. The van der Waals surface area contributed by atoms with Gasteiger partial charge in [-0.2, -0.15) is 0 Å². The Labute approximate surface area is 107 Å². The van der Waals surface area contributed by atoms with Gasteiger partial charge in [-0.1, -0.05) is 0 Å². The van der Waals surface area contributed by atoms with Gasteiger partial charge in [0.05, 0.1) is 6.10 Å². The first kappa shape index (κ1) is 11.8. The van der Waals surface area contributed by atoms with Gasteiger partial charge in [-0.15, -0.1) is 0 Å². The minimum atomic E-state index is -0.295. The monoisotopic (exact) mass is 248 g/mol. The predicted molar refractivity (Wildman–Crippen MR) is 68.1 cm³/mol. The van der Waals surface area contributed by atoms with Crippen LogP contribution in [0.2, 0.25) is 0 Å². The molecule has 0 spiro atoms. The molecule has 0 bridgehead atoms. The largest absolute Gasteiger partial charge is 0.388 e. The van der Waals surface area contributed by atoms with Crippen molar-refractivity contribution in [2.45, 2.75) is 44.8 Å². The number of nitrogens with zero attached hydrogens (tertiary/aromatic N) is 1. The first-order valence-corrected chi connectivity index (χ1v) is 6.89. The highest BCUT2D eigenvalue weighted by molar-refractivity contribution is 5.80. The quantitative estimate of drug-likeness (QED) is 0.846. The Morgan fingerprint density at radius 1 is 1.44 bits per heavy atom. The molecule has 1 aromatic heterocycles. The Kier molecular flexibility index (Phi) is 3.12. The number of aromatic nitrogens is 1. The number of aliphatic hydroxyl groups is 1. The Morgan fingerprint density at radius 2 is 2.28 bits per heavy atom. The summed E-state index contributed by atoms with van der Waals surface area (Å²) in [6.45, 7) is 1.49. The van der Waals surface area contributed by atoms with Crippen LogP contribution in [-0.2, 0) is 17.8 Å². The molecule has 1 fully saturated rings. The molecule has 98 valence electrons. The first-order chi connectivity index (χ1) is 8.75. The molecule has 2 N–H and O–H groups in total. The highest BCUT2D eigenvalue weighted by Gasteiger charge is 2.29. The molecule has 1 aromatic rings. The fourth-order valence-electron chi connectivity index (χ4n) is 2.73. The van der Waals surface area contributed by atoms with Crippen molar-refractivity contribution in [1.82, 2.24) is 9.88 Å². The van der Waals surface area contributed by atoms with E-state index in [1.165, 1.54) is 5.69 Å². The van der Waals surface area contributed by atoms with Gasteiger partial charge in [0.15, 0.2) is 0 Å². The topological polar surface area (TPSA) is 54.3 Å². The standard InChI is InChI=1S/C14H20N2O2/c17-13-3-1-2-12-11(13)6-8-16(12)9-7-15-14(18)10-4-5-10/h6,8,10,13,17H,1-5,7,9H2,(H,15,18). The van der Waals surface area contributed by atoms with Crippen LogP contribution in [0.5, 0.6) is 0 Å². The molecule has 0 aliphatic heterocycles. The van der Waals surface area contributed by atoms with Crippen LogP contribution < -0.4 is 5.32 Å². The van der Waals surface area contributed by atoms with Crippen molar-refractivity contribution >= 4 is 5.91 Å². The minimum Gasteiger partial charge on any atom is -0.388 e. The lowest BCUT2D eigenvalue weighted by Crippen LogP contribution is -2.28. The molecule has 4 nitrogen and oxygen atoms in total. The molecular formula is C14H20N2O2. The highest BCUT2D eigenvalue weighted by atomic mass is 16.3. The fourth-order valence-corrected chi connectivity index (χ4v) is 2.73. The van der Waals surface area contributed by atoms with Gasteiger partial charge in [-0.05, 0) is 38.2 Å². The van der Waals surface area contributed by atoms with Crippen LogP contribution >= 0.6 is 0 Å². The number of hydrogen-bond acceptors (Lipinski definition) is 2. The molecule has 4 heteroatoms. The van der Waals surface area contributed by atoms with Gasteiger partial charge in [-0.3, -0.25) is 4.79 Å². The second-order valence-corrected chi connectivity index (χ2v) is 5.38. The lowest BCUT2D eigenvalue weighted by Gasteiger charge is -2.20. The van der Waals surface area contributed by atoms with Crippen LogP contribution in [-0.4, -0.2) is 22.1 Å². The zero-order valence-corrected chi connectivity index (χ0v) is 10.6. The van der Waals surface area contributed by atoms with Crippen molar-refractivity contribution in [2.75, 3.05) is 6.54 Å². The zero-order chi connectivity index (χ0) is 12.5. The third-order valence-corrected chi connectivity index (χ3v) is 3.96. The van der Waals surface area contributed by atoms with E-state index in [0.29, 0.717) is 6.54 Å². The molecule has 0 saturated heterocycles. The molecule has 0 aromatic carbocycles. The average molecular weight is 248 g/mol. The number of aliphatic hydroxyl groups excluding tert-OH is 1. The zero-order valence-electron chi connectivity index (χ0n) is 10.6. The van der Waals surface area contributed by atoms with Crippen molar-refractivity contribution in [1.29, 1.82) is 0 Å². The van der Waals surface area contributed by atoms with Gasteiger partial charge in [0.1, 0.15) is 0 Å². The van der Waals surface area contributed by atoms with E-state index in [-0.39, 0.29) is 17.9 Å². The molecule has 0 radical (unpaired) electrons. The number of rotatable bonds is 4. The summed E-state index contributed by atoms with van der Waals surface area (Å²) in [4.78, 5) is 11.5. The molecule has 18 heavy (non-hydrogen) atoms. The molecular weight excluding hydrogens is 228 g/mol. The molecule has 1 amide bonds. The SMILES string of the molecule is O=C(NCCn1ccc2c1CCCC2O)C1CC1. The van der Waals surface area contributed by atoms with E-state index in [9.17, 15) is 9.90 Å². The maximum Gasteiger partial charge on any atom is 0.223 e. The van der Waals surface area contributed by atoms with Gasteiger partial charge in [0.25, 0.3) is 0 Å². The van der Waals surface area contributed by atoms with E-state index in [1.54, 1.807) is 0 Å². The van der Waals surface area contributed by atoms with E-state index in [1.807, 2.05) is 12.3 Å². The normalized spacial score (nSPS) is 22.6. The summed E-state index contributed by atoms with van der Waals surface area (Å²) < 4.78 is 2.17. The number of amides is 1. The first-order valence-electron chi connectivity index (χ1n) is 6.89. The van der Waals surface area contributed by atoms with Crippen LogP contribution in [0.3, 0.4) is 0 Å². The van der Waals surface area contributed by atoms with Crippen molar-refractivity contribution in [3.05, 3.63) is 23.5 Å². The van der Waals surface area contributed by atoms with E-state index >= 15 is 0 Å². The number of hydrogen-bond donors (Lipinski definition) is 2. The number of carbonyl (C=O) groups excluding carboxylic acids is 1. The number of fused-ring (bicyclic) bond motifs is 1. The molecule has 1 heterocycles. The van der Waals surface area contributed by atoms with E-state index in [0.717, 1.165) is 44.2 Å². The van der Waals surface area contributed by atoms with Gasteiger partial charge in [0.2, 0.25) is 5.91 Å². The summed E-state index contributed by atoms with van der Waals surface area (Å²) in [5, 5.41) is 12.9. The minimum absolute atomic E-state index is 0.205. The molecule has 1 atom stereocenters. The lowest BCUT2D eigenvalue weighted by molar-refractivity contribution is -0.122. The smallest absolute Gasteiger partial charge is 0.223 e. The fraction of sp³-hybridized carbons (Fsp3) is 0.643. The van der Waals surface area contributed by atoms with Crippen LogP contribution in [0, 0.1) is 5.92 Å². The van der Waals surface area contributed by atoms with Crippen molar-refractivity contribution in [2.24, 2.45) is 5.92 Å². The Hall–Kier alpha value is -1.29. The van der Waals surface area contributed by atoms with Crippen LogP contribution in [0.25, 0.3) is 0 Å². The van der Waals surface area contributed by atoms with Gasteiger partial charge in [0, 0.05) is 36.5 Å². The molecule has 1 unspecified atom stereocenters. The molecule has 1 saturated carbocycles. The van der Waals surface area contributed by atoms with E-state index in [2.05, 4.69) is 9.88 Å². The Balaban J connectivity index is 1.57. The van der Waals surface area contributed by atoms with Crippen molar-refractivity contribution in [3.8, 4) is 0 Å². The maximum absolute atomic E-state index is 11.5. The molecule has 2 aliphatic rings. The summed E-state index contributed by atoms with van der Waals surface area (Å²) in [5.41, 5.74) is 2.32. The Bertz CT molecular complexity index is 449. The highest BCUT2D eigenvalue weighted by Crippen LogP contribution is 2.30. The second-order valence-electron chi connectivity index (χ2n) is 5.38. The van der Waals surface area contributed by atoms with Crippen LogP contribution in [0.4, 0.5) is 0 Å². The second kappa shape index (κ2) is 4.76. The van der Waals surface area contributed by atoms with Crippen molar-refractivity contribution in [3.63, 3.8) is 0 Å². The van der Waals surface area contributed by atoms with Gasteiger partial charge in [-0.25, -0.2) is 0 Å². The summed E-state index contributed by atoms with van der Waals surface area (Å²) in [5.74, 6) is 0.487. The third kappa shape index (κ3) is 2.29. The molecule has 2 aliphatic carbocycles. The van der Waals surface area contributed by atoms with Gasteiger partial charge >= 0.3 is 0 Å². The number of nitrogens with one attached hydrogen (secondary N) is 1. The van der Waals surface area contributed by atoms with Crippen LogP contribution in [0.15, 0.2) is 12.3 Å². The average Bonchev–Trinajstić information content (AvgIpc) is 3.13.